The Morgan fingerprint density at radius 1 is 1.47 bits per heavy atom. The van der Waals surface area contributed by atoms with Gasteiger partial charge in [-0.2, -0.15) is 17.5 Å². The van der Waals surface area contributed by atoms with E-state index >= 15 is 0 Å². The molecule has 0 aliphatic carbocycles. The lowest BCUT2D eigenvalue weighted by atomic mass is 10.3. The summed E-state index contributed by atoms with van der Waals surface area (Å²) >= 11 is 0. The Morgan fingerprint density at radius 2 is 2.11 bits per heavy atom. The lowest BCUT2D eigenvalue weighted by Crippen LogP contribution is -2.32. The van der Waals surface area contributed by atoms with Gasteiger partial charge in [0.25, 0.3) is 0 Å². The maximum Gasteiger partial charge on any atom is 0.417 e. The van der Waals surface area contributed by atoms with E-state index in [4.69, 9.17) is 0 Å². The number of alkyl halides is 3. The minimum atomic E-state index is -4.75. The molecule has 0 fully saturated rings. The lowest BCUT2D eigenvalue weighted by Gasteiger charge is -2.21. The fourth-order valence-corrected chi connectivity index (χ4v) is 3.08. The summed E-state index contributed by atoms with van der Waals surface area (Å²) in [5, 5.41) is 0. The Bertz CT molecular complexity index is 555. The van der Waals surface area contributed by atoms with Gasteiger partial charge >= 0.3 is 6.18 Å². The zero-order valence-corrected chi connectivity index (χ0v) is 11.0. The monoisotopic (exact) mass is 294 g/mol. The van der Waals surface area contributed by atoms with E-state index in [1.54, 1.807) is 0 Å². The van der Waals surface area contributed by atoms with Crippen LogP contribution in [0.5, 0.6) is 0 Å². The van der Waals surface area contributed by atoms with Crippen molar-refractivity contribution >= 4 is 10.0 Å². The van der Waals surface area contributed by atoms with Crippen LogP contribution in [0, 0.1) is 0 Å². The summed E-state index contributed by atoms with van der Waals surface area (Å²) in [6, 6.07) is 0.647. The Hall–Kier alpha value is -1.41. The lowest BCUT2D eigenvalue weighted by molar-refractivity contribution is -0.140. The van der Waals surface area contributed by atoms with Gasteiger partial charge in [-0.25, -0.2) is 8.42 Å². The van der Waals surface area contributed by atoms with E-state index in [2.05, 4.69) is 11.6 Å². The minimum Gasteiger partial charge on any atom is -0.263 e. The van der Waals surface area contributed by atoms with Crippen LogP contribution < -0.4 is 0 Å². The predicted octanol–water partition coefficient (Wildman–Crippen LogP) is 2.30. The largest absolute Gasteiger partial charge is 0.417 e. The number of sulfonamides is 1. The van der Waals surface area contributed by atoms with E-state index < -0.39 is 26.7 Å². The highest BCUT2D eigenvalue weighted by molar-refractivity contribution is 7.89. The summed E-state index contributed by atoms with van der Waals surface area (Å²) in [5.74, 6) is 0. The van der Waals surface area contributed by atoms with Gasteiger partial charge in [-0.3, -0.25) is 4.98 Å². The molecule has 1 heterocycles. The summed E-state index contributed by atoms with van der Waals surface area (Å²) in [6.45, 7) is 4.89. The van der Waals surface area contributed by atoms with Crippen LogP contribution in [0.4, 0.5) is 13.2 Å². The summed E-state index contributed by atoms with van der Waals surface area (Å²) in [6.07, 6.45) is -1.82. The number of hydrogen-bond acceptors (Lipinski definition) is 3. The molecule has 0 saturated heterocycles. The van der Waals surface area contributed by atoms with E-state index in [1.807, 2.05) is 0 Å². The van der Waals surface area contributed by atoms with Gasteiger partial charge in [-0.05, 0) is 6.07 Å². The van der Waals surface area contributed by atoms with Crippen LogP contribution in [0.15, 0.2) is 36.0 Å². The van der Waals surface area contributed by atoms with Crippen molar-refractivity contribution in [3.8, 4) is 0 Å². The maximum absolute atomic E-state index is 12.8. The number of rotatable bonds is 5. The summed E-state index contributed by atoms with van der Waals surface area (Å²) in [5.41, 5.74) is -1.22. The third kappa shape index (κ3) is 3.32. The summed E-state index contributed by atoms with van der Waals surface area (Å²) < 4.78 is 63.6. The van der Waals surface area contributed by atoms with Crippen LogP contribution in [0.2, 0.25) is 0 Å². The Morgan fingerprint density at radius 3 is 2.58 bits per heavy atom. The fourth-order valence-electron chi connectivity index (χ4n) is 1.50. The number of halogens is 3. The smallest absolute Gasteiger partial charge is 0.263 e. The molecule has 1 rings (SSSR count). The topological polar surface area (TPSA) is 50.3 Å². The van der Waals surface area contributed by atoms with Crippen molar-refractivity contribution in [2.24, 2.45) is 0 Å². The first kappa shape index (κ1) is 15.6. The molecule has 0 N–H and O–H groups in total. The van der Waals surface area contributed by atoms with Crippen LogP contribution in [0.25, 0.3) is 0 Å². The molecule has 0 aliphatic rings. The number of likely N-dealkylation sites (N-methyl/N-ethyl adjacent to an activating group) is 1. The molecule has 0 radical (unpaired) electrons. The third-order valence-electron chi connectivity index (χ3n) is 2.39. The summed E-state index contributed by atoms with van der Waals surface area (Å²) in [4.78, 5) is 2.63. The van der Waals surface area contributed by atoms with Gasteiger partial charge in [0, 0.05) is 25.5 Å². The van der Waals surface area contributed by atoms with Gasteiger partial charge in [0.05, 0.1) is 5.56 Å². The molecule has 0 spiro atoms. The number of aromatic nitrogens is 1. The minimum absolute atomic E-state index is 0.0422. The molecule has 0 aliphatic heterocycles. The second-order valence-electron chi connectivity index (χ2n) is 3.61. The number of nitrogens with zero attached hydrogens (tertiary/aromatic N) is 2. The first-order valence-electron chi connectivity index (χ1n) is 5.37. The highest BCUT2D eigenvalue weighted by atomic mass is 32.2. The maximum atomic E-state index is 12.8. The van der Waals surface area contributed by atoms with Crippen molar-refractivity contribution in [1.82, 2.24) is 9.29 Å². The van der Waals surface area contributed by atoms with Crippen molar-refractivity contribution in [3.05, 3.63) is 36.7 Å². The van der Waals surface area contributed by atoms with Crippen molar-refractivity contribution in [2.45, 2.75) is 18.0 Å². The molecular weight excluding hydrogens is 281 g/mol. The molecule has 0 saturated carbocycles. The van der Waals surface area contributed by atoms with Crippen LogP contribution in [0.1, 0.15) is 12.5 Å². The molecule has 4 nitrogen and oxygen atoms in total. The zero-order valence-electron chi connectivity index (χ0n) is 10.2. The van der Waals surface area contributed by atoms with Crippen molar-refractivity contribution in [3.63, 3.8) is 0 Å². The van der Waals surface area contributed by atoms with Gasteiger partial charge in [0.1, 0.15) is 4.90 Å². The average Bonchev–Trinajstić information content (AvgIpc) is 2.34. The molecule has 106 valence electrons. The Kier molecular flexibility index (Phi) is 4.70. The van der Waals surface area contributed by atoms with E-state index in [1.165, 1.54) is 13.0 Å². The van der Waals surface area contributed by atoms with Gasteiger partial charge in [0.15, 0.2) is 0 Å². The molecule has 1 aromatic heterocycles. The van der Waals surface area contributed by atoms with Gasteiger partial charge in [-0.1, -0.05) is 13.0 Å². The fraction of sp³-hybridized carbons (Fsp3) is 0.364. The SMILES string of the molecule is C=CCN(CC)S(=O)(=O)c1cnccc1C(F)(F)F. The number of pyridine rings is 1. The Balaban J connectivity index is 3.41. The second kappa shape index (κ2) is 5.70. The molecule has 0 unspecified atom stereocenters. The van der Waals surface area contributed by atoms with Crippen LogP contribution in [-0.4, -0.2) is 30.8 Å². The molecule has 0 atom stereocenters. The van der Waals surface area contributed by atoms with E-state index in [0.29, 0.717) is 12.3 Å². The van der Waals surface area contributed by atoms with Crippen LogP contribution in [-0.2, 0) is 16.2 Å². The van der Waals surface area contributed by atoms with Crippen molar-refractivity contribution in [1.29, 1.82) is 0 Å². The highest BCUT2D eigenvalue weighted by Crippen LogP contribution is 2.34. The number of hydrogen-bond donors (Lipinski definition) is 0. The standard InChI is InChI=1S/C11H13F3N2O2S/c1-3-7-16(4-2)19(17,18)10-8-15-6-5-9(10)11(12,13)14/h3,5-6,8H,1,4,7H2,2H3. The zero-order chi connectivity index (χ0) is 14.7. The quantitative estimate of drug-likeness (QED) is 0.783. The molecule has 0 aromatic carbocycles. The Labute approximate surface area is 109 Å². The van der Waals surface area contributed by atoms with E-state index in [9.17, 15) is 21.6 Å². The predicted molar refractivity (Wildman–Crippen MR) is 63.9 cm³/mol. The van der Waals surface area contributed by atoms with Crippen molar-refractivity contribution < 1.29 is 21.6 Å². The van der Waals surface area contributed by atoms with E-state index in [0.717, 1.165) is 10.5 Å². The van der Waals surface area contributed by atoms with E-state index in [-0.39, 0.29) is 13.1 Å². The third-order valence-corrected chi connectivity index (χ3v) is 4.36. The normalized spacial score (nSPS) is 12.7. The van der Waals surface area contributed by atoms with Gasteiger partial charge in [0.2, 0.25) is 10.0 Å². The second-order valence-corrected chi connectivity index (χ2v) is 5.52. The van der Waals surface area contributed by atoms with Gasteiger partial charge in [-0.15, -0.1) is 6.58 Å². The molecular formula is C11H13F3N2O2S. The first-order chi connectivity index (χ1) is 8.75. The summed E-state index contributed by atoms with van der Waals surface area (Å²) in [7, 11) is -4.25. The average molecular weight is 294 g/mol. The van der Waals surface area contributed by atoms with Gasteiger partial charge < -0.3 is 0 Å². The molecule has 0 amide bonds. The van der Waals surface area contributed by atoms with Crippen LogP contribution in [0.3, 0.4) is 0 Å². The molecule has 19 heavy (non-hydrogen) atoms. The molecule has 8 heteroatoms. The first-order valence-corrected chi connectivity index (χ1v) is 6.81. The molecule has 0 bridgehead atoms. The van der Waals surface area contributed by atoms with Crippen LogP contribution >= 0.6 is 0 Å². The highest BCUT2D eigenvalue weighted by Gasteiger charge is 2.38. The van der Waals surface area contributed by atoms with Crippen molar-refractivity contribution in [2.75, 3.05) is 13.1 Å². The molecule has 1 aromatic rings.